The first-order valence-electron chi connectivity index (χ1n) is 6.67. The molecule has 1 heterocycles. The summed E-state index contributed by atoms with van der Waals surface area (Å²) in [6.45, 7) is 3.36. The highest BCUT2D eigenvalue weighted by Crippen LogP contribution is 2.48. The average molecular weight is 303 g/mol. The van der Waals surface area contributed by atoms with Gasteiger partial charge in [0.2, 0.25) is 5.79 Å². The summed E-state index contributed by atoms with van der Waals surface area (Å²) in [4.78, 5) is 12.7. The first kappa shape index (κ1) is 14.1. The van der Waals surface area contributed by atoms with E-state index in [1.807, 2.05) is 0 Å². The monoisotopic (exact) mass is 302 g/mol. The van der Waals surface area contributed by atoms with Crippen molar-refractivity contribution in [3.63, 3.8) is 0 Å². The van der Waals surface area contributed by atoms with Crippen LogP contribution in [0.2, 0.25) is 5.02 Å². The Balaban J connectivity index is 2.19. The Labute approximate surface area is 128 Å². The van der Waals surface area contributed by atoms with E-state index in [1.54, 1.807) is 62.4 Å². The Bertz CT molecular complexity index is 706. The van der Waals surface area contributed by atoms with Crippen molar-refractivity contribution in [3.8, 4) is 5.75 Å². The lowest BCUT2D eigenvalue weighted by atomic mass is 9.71. The molecular weight excluding hydrogens is 288 g/mol. The molecule has 3 nitrogen and oxygen atoms in total. The molecule has 0 bridgehead atoms. The number of Topliss-reactive ketones (excluding diaryl/α,β-unsaturated/α-hetero) is 1. The summed E-state index contributed by atoms with van der Waals surface area (Å²) in [6.07, 6.45) is 0. The van der Waals surface area contributed by atoms with E-state index >= 15 is 0 Å². The molecule has 0 saturated heterocycles. The molecular formula is C17H15ClO3. The molecule has 0 saturated carbocycles. The van der Waals surface area contributed by atoms with Gasteiger partial charge < -0.3 is 9.84 Å². The Morgan fingerprint density at radius 2 is 1.67 bits per heavy atom. The summed E-state index contributed by atoms with van der Waals surface area (Å²) < 4.78 is 5.82. The van der Waals surface area contributed by atoms with Gasteiger partial charge in [-0.1, -0.05) is 35.9 Å². The van der Waals surface area contributed by atoms with Crippen LogP contribution in [0, 0.1) is 5.41 Å². The third-order valence-electron chi connectivity index (χ3n) is 4.04. The first-order valence-corrected chi connectivity index (χ1v) is 7.05. The van der Waals surface area contributed by atoms with Gasteiger partial charge in [-0.3, -0.25) is 4.79 Å². The van der Waals surface area contributed by atoms with Crippen LogP contribution in [0.5, 0.6) is 5.75 Å². The van der Waals surface area contributed by atoms with Gasteiger partial charge in [0.1, 0.15) is 5.75 Å². The van der Waals surface area contributed by atoms with Crippen LogP contribution in [0.3, 0.4) is 0 Å². The second kappa shape index (κ2) is 4.58. The number of aliphatic hydroxyl groups is 1. The molecule has 3 rings (SSSR count). The minimum Gasteiger partial charge on any atom is -0.456 e. The smallest absolute Gasteiger partial charge is 0.247 e. The summed E-state index contributed by atoms with van der Waals surface area (Å²) >= 11 is 5.89. The zero-order valence-corrected chi connectivity index (χ0v) is 12.5. The first-order chi connectivity index (χ1) is 9.86. The van der Waals surface area contributed by atoms with Gasteiger partial charge >= 0.3 is 0 Å². The number of ether oxygens (including phenoxy) is 1. The average Bonchev–Trinajstić information content (AvgIpc) is 2.46. The molecule has 4 heteroatoms. The highest BCUT2D eigenvalue weighted by molar-refractivity contribution is 6.30. The van der Waals surface area contributed by atoms with E-state index in [0.29, 0.717) is 21.9 Å². The molecule has 0 aromatic heterocycles. The van der Waals surface area contributed by atoms with Gasteiger partial charge in [-0.05, 0) is 38.1 Å². The topological polar surface area (TPSA) is 46.5 Å². The SMILES string of the molecule is CC1(C)C(=O)c2ccccc2OC1(O)c1ccc(Cl)cc1. The van der Waals surface area contributed by atoms with E-state index in [-0.39, 0.29) is 5.78 Å². The Morgan fingerprint density at radius 3 is 2.33 bits per heavy atom. The fourth-order valence-corrected chi connectivity index (χ4v) is 2.74. The Hall–Kier alpha value is -1.84. The summed E-state index contributed by atoms with van der Waals surface area (Å²) in [5.41, 5.74) is -0.129. The quantitative estimate of drug-likeness (QED) is 0.872. The van der Waals surface area contributed by atoms with E-state index < -0.39 is 11.2 Å². The zero-order valence-electron chi connectivity index (χ0n) is 11.8. The summed E-state index contributed by atoms with van der Waals surface area (Å²) in [5, 5.41) is 11.7. The zero-order chi connectivity index (χ0) is 15.3. The maximum atomic E-state index is 12.7. The largest absolute Gasteiger partial charge is 0.456 e. The molecule has 21 heavy (non-hydrogen) atoms. The molecule has 0 spiro atoms. The fourth-order valence-electron chi connectivity index (χ4n) is 2.62. The van der Waals surface area contributed by atoms with Gasteiger partial charge in [-0.15, -0.1) is 0 Å². The van der Waals surface area contributed by atoms with E-state index in [0.717, 1.165) is 0 Å². The minimum absolute atomic E-state index is 0.151. The predicted octanol–water partition coefficient (Wildman–Crippen LogP) is 3.79. The molecule has 0 fully saturated rings. The number of hydrogen-bond donors (Lipinski definition) is 1. The minimum atomic E-state index is -1.73. The number of hydrogen-bond acceptors (Lipinski definition) is 3. The van der Waals surface area contributed by atoms with Crippen molar-refractivity contribution in [1.82, 2.24) is 0 Å². The molecule has 0 amide bonds. The lowest BCUT2D eigenvalue weighted by Crippen LogP contribution is -2.54. The van der Waals surface area contributed by atoms with Gasteiger partial charge in [-0.25, -0.2) is 0 Å². The van der Waals surface area contributed by atoms with Crippen LogP contribution in [-0.4, -0.2) is 10.9 Å². The van der Waals surface area contributed by atoms with Crippen LogP contribution in [0.25, 0.3) is 0 Å². The van der Waals surface area contributed by atoms with Crippen LogP contribution in [0.1, 0.15) is 29.8 Å². The van der Waals surface area contributed by atoms with Gasteiger partial charge in [0.25, 0.3) is 0 Å². The van der Waals surface area contributed by atoms with Crippen LogP contribution >= 0.6 is 11.6 Å². The van der Waals surface area contributed by atoms with Crippen molar-refractivity contribution in [3.05, 3.63) is 64.7 Å². The summed E-state index contributed by atoms with van der Waals surface area (Å²) in [6, 6.07) is 13.6. The summed E-state index contributed by atoms with van der Waals surface area (Å²) in [7, 11) is 0. The molecule has 2 aromatic rings. The normalized spacial score (nSPS) is 23.3. The van der Waals surface area contributed by atoms with Gasteiger partial charge in [0, 0.05) is 10.6 Å². The number of halogens is 1. The molecule has 0 radical (unpaired) electrons. The van der Waals surface area contributed by atoms with Crippen molar-refractivity contribution in [1.29, 1.82) is 0 Å². The number of ketones is 1. The van der Waals surface area contributed by atoms with Gasteiger partial charge in [0.15, 0.2) is 5.78 Å². The lowest BCUT2D eigenvalue weighted by Gasteiger charge is -2.45. The molecule has 1 aliphatic rings. The number of carbonyl (C=O) groups excluding carboxylic acids is 1. The highest BCUT2D eigenvalue weighted by Gasteiger charge is 2.56. The maximum absolute atomic E-state index is 12.7. The maximum Gasteiger partial charge on any atom is 0.247 e. The van der Waals surface area contributed by atoms with E-state index in [1.165, 1.54) is 0 Å². The third kappa shape index (κ3) is 1.96. The predicted molar refractivity (Wildman–Crippen MR) is 80.5 cm³/mol. The molecule has 1 unspecified atom stereocenters. The molecule has 1 aliphatic heterocycles. The molecule has 1 N–H and O–H groups in total. The van der Waals surface area contributed by atoms with Crippen LogP contribution in [-0.2, 0) is 5.79 Å². The number of rotatable bonds is 1. The van der Waals surface area contributed by atoms with Gasteiger partial charge in [0.05, 0.1) is 11.0 Å². The van der Waals surface area contributed by atoms with Crippen molar-refractivity contribution in [2.24, 2.45) is 5.41 Å². The van der Waals surface area contributed by atoms with Crippen molar-refractivity contribution in [2.45, 2.75) is 19.6 Å². The third-order valence-corrected chi connectivity index (χ3v) is 4.29. The molecule has 1 atom stereocenters. The standard InChI is InChI=1S/C17H15ClO3/c1-16(2)15(19)13-5-3-4-6-14(13)21-17(16,20)11-7-9-12(18)10-8-11/h3-10,20H,1-2H3. The second-order valence-corrected chi connectivity index (χ2v) is 6.14. The second-order valence-electron chi connectivity index (χ2n) is 5.70. The fraction of sp³-hybridized carbons (Fsp3) is 0.235. The number of fused-ring (bicyclic) bond motifs is 1. The van der Waals surface area contributed by atoms with Gasteiger partial charge in [-0.2, -0.15) is 0 Å². The van der Waals surface area contributed by atoms with Crippen molar-refractivity contribution >= 4 is 17.4 Å². The number of benzene rings is 2. The molecule has 2 aromatic carbocycles. The van der Waals surface area contributed by atoms with Crippen LogP contribution < -0.4 is 4.74 Å². The molecule has 108 valence electrons. The van der Waals surface area contributed by atoms with Crippen LogP contribution in [0.15, 0.2) is 48.5 Å². The highest BCUT2D eigenvalue weighted by atomic mass is 35.5. The van der Waals surface area contributed by atoms with Crippen LogP contribution in [0.4, 0.5) is 0 Å². The summed E-state index contributed by atoms with van der Waals surface area (Å²) in [5.74, 6) is -1.50. The molecule has 0 aliphatic carbocycles. The number of carbonyl (C=O) groups is 1. The van der Waals surface area contributed by atoms with Crippen molar-refractivity contribution < 1.29 is 14.6 Å². The Kier molecular flexibility index (Phi) is 3.08. The van der Waals surface area contributed by atoms with Crippen molar-refractivity contribution in [2.75, 3.05) is 0 Å². The van der Waals surface area contributed by atoms with E-state index in [4.69, 9.17) is 16.3 Å². The number of para-hydroxylation sites is 1. The van der Waals surface area contributed by atoms with E-state index in [9.17, 15) is 9.90 Å². The van der Waals surface area contributed by atoms with E-state index in [2.05, 4.69) is 0 Å². The lowest BCUT2D eigenvalue weighted by molar-refractivity contribution is -0.210. The Morgan fingerprint density at radius 1 is 1.05 bits per heavy atom.